The second-order valence-corrected chi connectivity index (χ2v) is 6.78. The van der Waals surface area contributed by atoms with Gasteiger partial charge in [0.2, 0.25) is 0 Å². The summed E-state index contributed by atoms with van der Waals surface area (Å²) in [5, 5.41) is 0. The van der Waals surface area contributed by atoms with Crippen LogP contribution in [0.1, 0.15) is 30.9 Å². The number of likely N-dealkylation sites (tertiary alicyclic amines) is 1. The lowest BCUT2D eigenvalue weighted by molar-refractivity contribution is 0.159. The maximum Gasteiger partial charge on any atom is 0.329 e. The van der Waals surface area contributed by atoms with E-state index in [0.717, 1.165) is 42.7 Å². The molecule has 1 fully saturated rings. The SMILES string of the molecule is O=C(N(c1ccccc1)c1ccccc1)N1CCCCC1c1cccnc1. The molecule has 0 N–H and O–H groups in total. The van der Waals surface area contributed by atoms with E-state index in [1.807, 2.05) is 82.7 Å². The fraction of sp³-hybridized carbons (Fsp3) is 0.217. The maximum absolute atomic E-state index is 13.7. The maximum atomic E-state index is 13.7. The Hall–Kier alpha value is -3.14. The van der Waals surface area contributed by atoms with Crippen LogP contribution in [0.3, 0.4) is 0 Å². The molecule has 4 rings (SSSR count). The lowest BCUT2D eigenvalue weighted by atomic mass is 9.96. The highest BCUT2D eigenvalue weighted by molar-refractivity contribution is 5.99. The molecule has 1 aliphatic heterocycles. The zero-order valence-electron chi connectivity index (χ0n) is 15.2. The Bertz CT molecular complexity index is 828. The third-order valence-electron chi connectivity index (χ3n) is 5.04. The first-order valence-electron chi connectivity index (χ1n) is 9.45. The molecule has 0 bridgehead atoms. The summed E-state index contributed by atoms with van der Waals surface area (Å²) in [7, 11) is 0. The Morgan fingerprint density at radius 3 is 2.15 bits per heavy atom. The smallest absolute Gasteiger partial charge is 0.317 e. The summed E-state index contributed by atoms with van der Waals surface area (Å²) >= 11 is 0. The summed E-state index contributed by atoms with van der Waals surface area (Å²) in [5.74, 6) is 0. The molecule has 1 saturated heterocycles. The molecule has 0 aliphatic carbocycles. The Kier molecular flexibility index (Phi) is 5.15. The summed E-state index contributed by atoms with van der Waals surface area (Å²) < 4.78 is 0. The van der Waals surface area contributed by atoms with Crippen LogP contribution in [0.4, 0.5) is 16.2 Å². The minimum Gasteiger partial charge on any atom is -0.317 e. The summed E-state index contributed by atoms with van der Waals surface area (Å²) in [6.45, 7) is 0.758. The van der Waals surface area contributed by atoms with Gasteiger partial charge in [-0.1, -0.05) is 42.5 Å². The van der Waals surface area contributed by atoms with Crippen molar-refractivity contribution in [3.63, 3.8) is 0 Å². The van der Waals surface area contributed by atoms with Crippen molar-refractivity contribution in [3.05, 3.63) is 90.8 Å². The molecule has 4 nitrogen and oxygen atoms in total. The number of hydrogen-bond donors (Lipinski definition) is 0. The van der Waals surface area contributed by atoms with Crippen molar-refractivity contribution in [3.8, 4) is 0 Å². The largest absolute Gasteiger partial charge is 0.329 e. The number of carbonyl (C=O) groups excluding carboxylic acids is 1. The van der Waals surface area contributed by atoms with Crippen molar-refractivity contribution in [1.82, 2.24) is 9.88 Å². The van der Waals surface area contributed by atoms with Crippen molar-refractivity contribution in [1.29, 1.82) is 0 Å². The number of benzene rings is 2. The molecule has 1 unspecified atom stereocenters. The normalized spacial score (nSPS) is 16.7. The molecular weight excluding hydrogens is 334 g/mol. The van der Waals surface area contributed by atoms with E-state index < -0.39 is 0 Å². The molecule has 0 radical (unpaired) electrons. The number of aromatic nitrogens is 1. The highest BCUT2D eigenvalue weighted by atomic mass is 16.2. The third-order valence-corrected chi connectivity index (χ3v) is 5.04. The Morgan fingerprint density at radius 1 is 0.889 bits per heavy atom. The van der Waals surface area contributed by atoms with Gasteiger partial charge in [-0.25, -0.2) is 4.79 Å². The highest BCUT2D eigenvalue weighted by Crippen LogP contribution is 2.34. The second-order valence-electron chi connectivity index (χ2n) is 6.78. The number of rotatable bonds is 3. The Morgan fingerprint density at radius 2 is 1.56 bits per heavy atom. The van der Waals surface area contributed by atoms with Crippen molar-refractivity contribution in [2.75, 3.05) is 11.4 Å². The van der Waals surface area contributed by atoms with Gasteiger partial charge in [-0.2, -0.15) is 0 Å². The molecule has 27 heavy (non-hydrogen) atoms. The zero-order valence-corrected chi connectivity index (χ0v) is 15.2. The van der Waals surface area contributed by atoms with Crippen molar-refractivity contribution >= 4 is 17.4 Å². The van der Waals surface area contributed by atoms with Crippen LogP contribution in [0.5, 0.6) is 0 Å². The fourth-order valence-electron chi connectivity index (χ4n) is 3.73. The number of carbonyl (C=O) groups is 1. The number of amides is 2. The van der Waals surface area contributed by atoms with Crippen LogP contribution in [0, 0.1) is 0 Å². The number of hydrogen-bond acceptors (Lipinski definition) is 2. The monoisotopic (exact) mass is 357 g/mol. The van der Waals surface area contributed by atoms with Crippen LogP contribution in [-0.2, 0) is 0 Å². The van der Waals surface area contributed by atoms with Crippen LogP contribution in [0.2, 0.25) is 0 Å². The first-order chi connectivity index (χ1) is 13.3. The summed E-state index contributed by atoms with van der Waals surface area (Å²) in [5.41, 5.74) is 2.86. The standard InChI is InChI=1S/C23H23N3O/c27-23(25-17-8-7-15-22(25)19-10-9-16-24-18-19)26(20-11-3-1-4-12-20)21-13-5-2-6-14-21/h1-6,9-14,16,18,22H,7-8,15,17H2. The van der Waals surface area contributed by atoms with E-state index in [2.05, 4.69) is 11.1 Å². The number of nitrogens with zero attached hydrogens (tertiary/aromatic N) is 3. The summed E-state index contributed by atoms with van der Waals surface area (Å²) in [4.78, 5) is 21.8. The molecule has 2 aromatic carbocycles. The Labute approximate surface area is 160 Å². The minimum atomic E-state index is 0.0148. The van der Waals surface area contributed by atoms with Crippen LogP contribution >= 0.6 is 0 Å². The van der Waals surface area contributed by atoms with Gasteiger partial charge in [0.15, 0.2) is 0 Å². The molecule has 1 atom stereocenters. The molecule has 2 heterocycles. The molecule has 1 aromatic heterocycles. The number of pyridine rings is 1. The predicted molar refractivity (Wildman–Crippen MR) is 108 cm³/mol. The molecule has 2 amide bonds. The zero-order chi connectivity index (χ0) is 18.5. The first kappa shape index (κ1) is 17.3. The van der Waals surface area contributed by atoms with Crippen LogP contribution < -0.4 is 4.90 Å². The number of piperidine rings is 1. The van der Waals surface area contributed by atoms with E-state index in [1.165, 1.54) is 0 Å². The molecule has 0 spiro atoms. The van der Waals surface area contributed by atoms with E-state index in [0.29, 0.717) is 0 Å². The lowest BCUT2D eigenvalue weighted by Gasteiger charge is -2.39. The topological polar surface area (TPSA) is 36.4 Å². The first-order valence-corrected chi connectivity index (χ1v) is 9.45. The lowest BCUT2D eigenvalue weighted by Crippen LogP contribution is -2.45. The highest BCUT2D eigenvalue weighted by Gasteiger charge is 2.32. The quantitative estimate of drug-likeness (QED) is 0.615. The van der Waals surface area contributed by atoms with Crippen LogP contribution in [0.15, 0.2) is 85.2 Å². The molecule has 0 saturated carbocycles. The average Bonchev–Trinajstić information content (AvgIpc) is 2.76. The van der Waals surface area contributed by atoms with Gasteiger partial charge in [-0.3, -0.25) is 9.88 Å². The second kappa shape index (κ2) is 8.04. The van der Waals surface area contributed by atoms with Crippen LogP contribution in [-0.4, -0.2) is 22.5 Å². The minimum absolute atomic E-state index is 0.0148. The number of urea groups is 1. The molecule has 1 aliphatic rings. The van der Waals surface area contributed by atoms with E-state index in [-0.39, 0.29) is 12.1 Å². The molecular formula is C23H23N3O. The van der Waals surface area contributed by atoms with Crippen LogP contribution in [0.25, 0.3) is 0 Å². The van der Waals surface area contributed by atoms with Crippen molar-refractivity contribution in [2.45, 2.75) is 25.3 Å². The van der Waals surface area contributed by atoms with Crippen molar-refractivity contribution in [2.24, 2.45) is 0 Å². The van der Waals surface area contributed by atoms with Gasteiger partial charge >= 0.3 is 6.03 Å². The molecule has 136 valence electrons. The molecule has 4 heteroatoms. The van der Waals surface area contributed by atoms with Gasteiger partial charge in [0, 0.05) is 18.9 Å². The Balaban J connectivity index is 1.72. The predicted octanol–water partition coefficient (Wildman–Crippen LogP) is 5.57. The van der Waals surface area contributed by atoms with Gasteiger partial charge in [0.25, 0.3) is 0 Å². The number of para-hydroxylation sites is 2. The third kappa shape index (κ3) is 3.70. The summed E-state index contributed by atoms with van der Waals surface area (Å²) in [6.07, 6.45) is 6.78. The van der Waals surface area contributed by atoms with Gasteiger partial charge in [0.05, 0.1) is 17.4 Å². The van der Waals surface area contributed by atoms with E-state index in [1.54, 1.807) is 6.20 Å². The van der Waals surface area contributed by atoms with E-state index >= 15 is 0 Å². The number of anilines is 2. The van der Waals surface area contributed by atoms with E-state index in [4.69, 9.17) is 0 Å². The van der Waals surface area contributed by atoms with Gasteiger partial charge in [-0.15, -0.1) is 0 Å². The average molecular weight is 357 g/mol. The van der Waals surface area contributed by atoms with Crippen molar-refractivity contribution < 1.29 is 4.79 Å². The van der Waals surface area contributed by atoms with Gasteiger partial charge in [0.1, 0.15) is 0 Å². The van der Waals surface area contributed by atoms with E-state index in [9.17, 15) is 4.79 Å². The summed E-state index contributed by atoms with van der Waals surface area (Å²) in [6, 6.07) is 23.8. The fourth-order valence-corrected chi connectivity index (χ4v) is 3.73. The molecule has 3 aromatic rings. The van der Waals surface area contributed by atoms with Gasteiger partial charge < -0.3 is 4.90 Å². The van der Waals surface area contributed by atoms with Gasteiger partial charge in [-0.05, 0) is 55.2 Å².